The molecule has 1 saturated carbocycles. The van der Waals surface area contributed by atoms with Crippen LogP contribution < -0.4 is 0 Å². The van der Waals surface area contributed by atoms with Gasteiger partial charge in [0.1, 0.15) is 0 Å². The highest BCUT2D eigenvalue weighted by Crippen LogP contribution is 2.46. The van der Waals surface area contributed by atoms with Gasteiger partial charge in [-0.1, -0.05) is 25.7 Å². The molecule has 4 heteroatoms. The summed E-state index contributed by atoms with van der Waals surface area (Å²) in [4.78, 5) is 0. The van der Waals surface area contributed by atoms with Crippen LogP contribution in [0.4, 0.5) is 0 Å². The van der Waals surface area contributed by atoms with Gasteiger partial charge in [-0.25, -0.2) is 0 Å². The maximum atomic E-state index is 5.28. The Morgan fingerprint density at radius 3 is 1.64 bits per heavy atom. The van der Waals surface area contributed by atoms with E-state index in [9.17, 15) is 0 Å². The van der Waals surface area contributed by atoms with Gasteiger partial charge in [0, 0.05) is 10.5 Å². The molecule has 14 heavy (non-hydrogen) atoms. The summed E-state index contributed by atoms with van der Waals surface area (Å²) < 4.78 is 1.96. The van der Waals surface area contributed by atoms with E-state index in [4.69, 9.17) is 25.3 Å². The Morgan fingerprint density at radius 1 is 0.786 bits per heavy atom. The molecule has 0 radical (unpaired) electrons. The lowest BCUT2D eigenvalue weighted by Gasteiger charge is -2.40. The van der Waals surface area contributed by atoms with Gasteiger partial charge in [0.2, 0.25) is 0 Å². The van der Waals surface area contributed by atoms with Gasteiger partial charge < -0.3 is 25.3 Å². The molecule has 2 unspecified atom stereocenters. The quantitative estimate of drug-likeness (QED) is 0.609. The average Bonchev–Trinajstić information content (AvgIpc) is 2.13. The second kappa shape index (κ2) is 5.28. The molecule has 0 amide bonds. The zero-order chi connectivity index (χ0) is 9.97. The van der Waals surface area contributed by atoms with Crippen molar-refractivity contribution in [1.29, 1.82) is 0 Å². The summed E-state index contributed by atoms with van der Waals surface area (Å²) in [6.45, 7) is 0. The summed E-state index contributed by atoms with van der Waals surface area (Å²) in [6.07, 6.45) is 8.25. The normalized spacial score (nSPS) is 34.6. The molecule has 0 aromatic rings. The maximum Gasteiger partial charge on any atom is 0.0195 e. The van der Waals surface area contributed by atoms with Crippen molar-refractivity contribution in [2.75, 3.05) is 0 Å². The summed E-state index contributed by atoms with van der Waals surface area (Å²) >= 11 is 14.3. The molecule has 2 aliphatic rings. The molecule has 0 spiro atoms. The fourth-order valence-corrected chi connectivity index (χ4v) is 5.60. The first kappa shape index (κ1) is 11.4. The smallest absolute Gasteiger partial charge is 0.0195 e. The van der Waals surface area contributed by atoms with E-state index in [1.165, 1.54) is 38.5 Å². The molecule has 80 valence electrons. The minimum atomic E-state index is 0.750. The predicted octanol–water partition coefficient (Wildman–Crippen LogP) is 3.78. The van der Waals surface area contributed by atoms with E-state index in [1.807, 2.05) is 23.5 Å². The molecule has 2 rings (SSSR count). The molecule has 0 aromatic carbocycles. The molecule has 0 N–H and O–H groups in total. The van der Waals surface area contributed by atoms with Gasteiger partial charge in [-0.15, -0.1) is 0 Å². The van der Waals surface area contributed by atoms with Crippen LogP contribution in [0.5, 0.6) is 0 Å². The standard InChI is InChI=1S/C10H16S4/c11-9-10(12)14-8-6-4-2-1-3-5-7(8)13-9/h7-8,11-12H,1-6H2/p-2. The number of fused-ring (bicyclic) bond motifs is 1. The van der Waals surface area contributed by atoms with Crippen molar-refractivity contribution in [3.05, 3.63) is 8.47 Å². The molecule has 1 aliphatic heterocycles. The highest BCUT2D eigenvalue weighted by molar-refractivity contribution is 8.19. The first-order chi connectivity index (χ1) is 6.77. The Hall–Kier alpha value is 0.880. The minimum absolute atomic E-state index is 0.750. The van der Waals surface area contributed by atoms with E-state index in [2.05, 4.69) is 0 Å². The molecule has 0 nitrogen and oxygen atoms in total. The zero-order valence-corrected chi connectivity index (χ0v) is 11.3. The molecular weight excluding hydrogens is 248 g/mol. The third-order valence-electron chi connectivity index (χ3n) is 2.83. The van der Waals surface area contributed by atoms with E-state index in [0.29, 0.717) is 0 Å². The van der Waals surface area contributed by atoms with Crippen LogP contribution in [0, 0.1) is 0 Å². The van der Waals surface area contributed by atoms with Crippen LogP contribution in [0.2, 0.25) is 0 Å². The Labute approximate surface area is 106 Å². The topological polar surface area (TPSA) is 0 Å². The monoisotopic (exact) mass is 262 g/mol. The lowest BCUT2D eigenvalue weighted by Crippen LogP contribution is -2.24. The van der Waals surface area contributed by atoms with Crippen LogP contribution in [-0.2, 0) is 25.3 Å². The number of hydrogen-bond acceptors (Lipinski definition) is 4. The van der Waals surface area contributed by atoms with Crippen molar-refractivity contribution in [1.82, 2.24) is 0 Å². The van der Waals surface area contributed by atoms with Gasteiger partial charge in [-0.05, 0) is 12.8 Å². The third kappa shape index (κ3) is 2.71. The van der Waals surface area contributed by atoms with Gasteiger partial charge in [-0.2, -0.15) is 32.0 Å². The second-order valence-electron chi connectivity index (χ2n) is 3.88. The molecule has 0 bridgehead atoms. The predicted molar refractivity (Wildman–Crippen MR) is 72.2 cm³/mol. The SMILES string of the molecule is [S-]C1=C([S-])SC2CCCCCCC2S1. The summed E-state index contributed by atoms with van der Waals surface area (Å²) in [5.74, 6) is 0. The molecule has 1 fully saturated rings. The Morgan fingerprint density at radius 2 is 1.21 bits per heavy atom. The third-order valence-corrected chi connectivity index (χ3v) is 7.07. The number of rotatable bonds is 0. The Balaban J connectivity index is 2.04. The summed E-state index contributed by atoms with van der Waals surface area (Å²) in [7, 11) is 0. The van der Waals surface area contributed by atoms with Crippen molar-refractivity contribution in [2.24, 2.45) is 0 Å². The number of hydrogen-bond donors (Lipinski definition) is 0. The Kier molecular flexibility index (Phi) is 4.29. The van der Waals surface area contributed by atoms with Crippen molar-refractivity contribution in [3.8, 4) is 0 Å². The van der Waals surface area contributed by atoms with Crippen molar-refractivity contribution < 1.29 is 0 Å². The fourth-order valence-electron chi connectivity index (χ4n) is 2.06. The van der Waals surface area contributed by atoms with Crippen LogP contribution in [0.25, 0.3) is 0 Å². The van der Waals surface area contributed by atoms with Crippen molar-refractivity contribution >= 4 is 48.8 Å². The van der Waals surface area contributed by atoms with E-state index < -0.39 is 0 Å². The molecule has 1 aliphatic carbocycles. The average molecular weight is 262 g/mol. The first-order valence-corrected chi connectivity index (χ1v) is 7.76. The number of thioether (sulfide) groups is 2. The highest BCUT2D eigenvalue weighted by atomic mass is 32.2. The lowest BCUT2D eigenvalue weighted by molar-refractivity contribution is 0.522. The Bertz CT molecular complexity index is 212. The lowest BCUT2D eigenvalue weighted by atomic mass is 10.00. The first-order valence-electron chi connectivity index (χ1n) is 5.19. The molecule has 1 heterocycles. The summed E-state index contributed by atoms with van der Waals surface area (Å²) in [5.41, 5.74) is 0. The van der Waals surface area contributed by atoms with E-state index in [1.54, 1.807) is 0 Å². The summed E-state index contributed by atoms with van der Waals surface area (Å²) in [5, 5.41) is 1.50. The van der Waals surface area contributed by atoms with Crippen LogP contribution >= 0.6 is 23.5 Å². The van der Waals surface area contributed by atoms with Crippen LogP contribution in [0.15, 0.2) is 8.47 Å². The van der Waals surface area contributed by atoms with Crippen LogP contribution in [0.3, 0.4) is 0 Å². The van der Waals surface area contributed by atoms with Gasteiger partial charge in [-0.3, -0.25) is 0 Å². The fraction of sp³-hybridized carbons (Fsp3) is 0.800. The van der Waals surface area contributed by atoms with Gasteiger partial charge >= 0.3 is 0 Å². The zero-order valence-electron chi connectivity index (χ0n) is 8.03. The van der Waals surface area contributed by atoms with Crippen LogP contribution in [0.1, 0.15) is 38.5 Å². The van der Waals surface area contributed by atoms with Gasteiger partial charge in [0.25, 0.3) is 0 Å². The van der Waals surface area contributed by atoms with Gasteiger partial charge in [0.05, 0.1) is 0 Å². The minimum Gasteiger partial charge on any atom is -0.774 e. The molecule has 2 atom stereocenters. The van der Waals surface area contributed by atoms with E-state index in [0.717, 1.165) is 19.0 Å². The van der Waals surface area contributed by atoms with Gasteiger partial charge in [0.15, 0.2) is 0 Å². The molecule has 0 aromatic heterocycles. The molecule has 0 saturated heterocycles. The maximum absolute atomic E-state index is 5.28. The summed E-state index contributed by atoms with van der Waals surface area (Å²) in [6, 6.07) is 0. The highest BCUT2D eigenvalue weighted by Gasteiger charge is 2.25. The van der Waals surface area contributed by atoms with Crippen molar-refractivity contribution in [3.63, 3.8) is 0 Å². The largest absolute Gasteiger partial charge is 0.774 e. The molecular formula is C10H14S4-2. The van der Waals surface area contributed by atoms with Crippen molar-refractivity contribution in [2.45, 2.75) is 49.0 Å². The van der Waals surface area contributed by atoms with E-state index >= 15 is 0 Å². The second-order valence-corrected chi connectivity index (χ2v) is 7.71. The van der Waals surface area contributed by atoms with E-state index in [-0.39, 0.29) is 0 Å². The van der Waals surface area contributed by atoms with Crippen LogP contribution in [-0.4, -0.2) is 10.5 Å².